The summed E-state index contributed by atoms with van der Waals surface area (Å²) in [5.41, 5.74) is 2.04. The molecular weight excluding hydrogens is 373 g/mol. The summed E-state index contributed by atoms with van der Waals surface area (Å²) in [5, 5.41) is 14.3. The second-order valence-corrected chi connectivity index (χ2v) is 7.00. The molecule has 0 radical (unpaired) electrons. The molecule has 0 spiro atoms. The van der Waals surface area contributed by atoms with Crippen LogP contribution in [-0.2, 0) is 17.6 Å². The summed E-state index contributed by atoms with van der Waals surface area (Å²) in [4.78, 5) is 11.1. The summed E-state index contributed by atoms with van der Waals surface area (Å²) in [6, 6.07) is 12.9. The van der Waals surface area contributed by atoms with E-state index in [1.807, 2.05) is 36.4 Å². The Morgan fingerprint density at radius 1 is 1.12 bits per heavy atom. The average molecular weight is 396 g/mol. The number of aliphatic hydroxyl groups is 1. The molecule has 0 amide bonds. The van der Waals surface area contributed by atoms with Gasteiger partial charge in [0.25, 0.3) is 0 Å². The summed E-state index contributed by atoms with van der Waals surface area (Å²) < 4.78 is 5.56. The van der Waals surface area contributed by atoms with E-state index in [0.717, 1.165) is 24.1 Å². The lowest BCUT2D eigenvalue weighted by atomic mass is 10.1. The number of aliphatic hydroxyl groups excluding tert-OH is 1. The molecule has 26 heavy (non-hydrogen) atoms. The molecule has 0 heterocycles. The van der Waals surface area contributed by atoms with Crippen molar-refractivity contribution in [2.75, 3.05) is 19.7 Å². The molecule has 140 valence electrons. The topological polar surface area (TPSA) is 58.6 Å². The van der Waals surface area contributed by atoms with Crippen LogP contribution in [0.4, 0.5) is 0 Å². The molecule has 0 saturated carbocycles. The highest BCUT2D eigenvalue weighted by atomic mass is 35.5. The summed E-state index contributed by atoms with van der Waals surface area (Å²) in [6.07, 6.45) is 0.606. The zero-order chi connectivity index (χ0) is 18.9. The maximum Gasteiger partial charge on any atom is 0.134 e. The van der Waals surface area contributed by atoms with Crippen molar-refractivity contribution < 1.29 is 14.6 Å². The van der Waals surface area contributed by atoms with E-state index in [2.05, 4.69) is 5.32 Å². The van der Waals surface area contributed by atoms with Gasteiger partial charge in [0.05, 0.1) is 10.0 Å². The first kappa shape index (κ1) is 20.7. The van der Waals surface area contributed by atoms with E-state index in [9.17, 15) is 9.90 Å². The Kier molecular flexibility index (Phi) is 8.39. The molecular formula is C20H23Cl2NO3. The molecule has 0 aliphatic heterocycles. The molecule has 0 bridgehead atoms. The first-order chi connectivity index (χ1) is 12.4. The zero-order valence-electron chi connectivity index (χ0n) is 14.7. The van der Waals surface area contributed by atoms with Crippen molar-refractivity contribution in [1.82, 2.24) is 5.32 Å². The summed E-state index contributed by atoms with van der Waals surface area (Å²) in [6.45, 7) is 2.92. The van der Waals surface area contributed by atoms with E-state index in [4.69, 9.17) is 27.9 Å². The Morgan fingerprint density at radius 2 is 1.81 bits per heavy atom. The van der Waals surface area contributed by atoms with E-state index in [-0.39, 0.29) is 12.4 Å². The molecule has 1 atom stereocenters. The molecule has 0 aromatic heterocycles. The quantitative estimate of drug-likeness (QED) is 0.602. The van der Waals surface area contributed by atoms with Gasteiger partial charge in [0, 0.05) is 13.0 Å². The van der Waals surface area contributed by atoms with Gasteiger partial charge in [-0.3, -0.25) is 4.79 Å². The minimum Gasteiger partial charge on any atom is -0.491 e. The minimum atomic E-state index is -0.610. The van der Waals surface area contributed by atoms with Gasteiger partial charge < -0.3 is 15.2 Å². The minimum absolute atomic E-state index is 0.126. The molecule has 6 heteroatoms. The molecule has 0 aliphatic carbocycles. The van der Waals surface area contributed by atoms with Gasteiger partial charge in [0.1, 0.15) is 24.2 Å². The smallest absolute Gasteiger partial charge is 0.134 e. The Balaban J connectivity index is 1.64. The SMILES string of the molecule is CC(=O)Cc1ccc(OC[C@@H](O)CNCCc2ccc(Cl)c(Cl)c2)cc1. The first-order valence-corrected chi connectivity index (χ1v) is 9.23. The number of hydrogen-bond acceptors (Lipinski definition) is 4. The van der Waals surface area contributed by atoms with Crippen LogP contribution in [0.2, 0.25) is 10.0 Å². The molecule has 0 saturated heterocycles. The molecule has 2 aromatic rings. The average Bonchev–Trinajstić information content (AvgIpc) is 2.60. The van der Waals surface area contributed by atoms with E-state index in [1.54, 1.807) is 13.0 Å². The standard InChI is InChI=1S/C20H23Cl2NO3/c1-14(24)10-15-2-5-18(6-3-15)26-13-17(25)12-23-9-8-16-4-7-19(21)20(22)11-16/h2-7,11,17,23,25H,8-10,12-13H2,1H3/t17-/m0/s1. The Bertz CT molecular complexity index is 719. The van der Waals surface area contributed by atoms with Crippen LogP contribution >= 0.6 is 23.2 Å². The second-order valence-electron chi connectivity index (χ2n) is 6.19. The van der Waals surface area contributed by atoms with Crippen molar-refractivity contribution in [2.24, 2.45) is 0 Å². The lowest BCUT2D eigenvalue weighted by Crippen LogP contribution is -2.32. The maximum absolute atomic E-state index is 11.1. The van der Waals surface area contributed by atoms with Gasteiger partial charge in [-0.15, -0.1) is 0 Å². The molecule has 2 N–H and O–H groups in total. The molecule has 0 aliphatic rings. The van der Waals surface area contributed by atoms with E-state index in [1.165, 1.54) is 0 Å². The number of benzene rings is 2. The fourth-order valence-corrected chi connectivity index (χ4v) is 2.76. The largest absolute Gasteiger partial charge is 0.491 e. The number of ketones is 1. The van der Waals surface area contributed by atoms with Crippen LogP contribution in [0.3, 0.4) is 0 Å². The number of carbonyl (C=O) groups excluding carboxylic acids is 1. The van der Waals surface area contributed by atoms with Gasteiger partial charge in [-0.2, -0.15) is 0 Å². The first-order valence-electron chi connectivity index (χ1n) is 8.48. The predicted molar refractivity (Wildman–Crippen MR) is 105 cm³/mol. The van der Waals surface area contributed by atoms with E-state index >= 15 is 0 Å². The third-order valence-electron chi connectivity index (χ3n) is 3.77. The van der Waals surface area contributed by atoms with E-state index < -0.39 is 6.10 Å². The zero-order valence-corrected chi connectivity index (χ0v) is 16.2. The van der Waals surface area contributed by atoms with Crippen molar-refractivity contribution in [2.45, 2.75) is 25.9 Å². The fourth-order valence-electron chi connectivity index (χ4n) is 2.44. The molecule has 2 aromatic carbocycles. The van der Waals surface area contributed by atoms with Crippen LogP contribution in [0.25, 0.3) is 0 Å². The number of rotatable bonds is 10. The van der Waals surface area contributed by atoms with Gasteiger partial charge >= 0.3 is 0 Å². The molecule has 2 rings (SSSR count). The van der Waals surface area contributed by atoms with Crippen molar-refractivity contribution in [1.29, 1.82) is 0 Å². The number of nitrogens with one attached hydrogen (secondary N) is 1. The highest BCUT2D eigenvalue weighted by molar-refractivity contribution is 6.42. The van der Waals surface area contributed by atoms with Gasteiger partial charge in [-0.25, -0.2) is 0 Å². The van der Waals surface area contributed by atoms with Crippen LogP contribution in [0.1, 0.15) is 18.1 Å². The summed E-state index contributed by atoms with van der Waals surface area (Å²) in [7, 11) is 0. The van der Waals surface area contributed by atoms with Gasteiger partial charge in [0.15, 0.2) is 0 Å². The van der Waals surface area contributed by atoms with Crippen LogP contribution < -0.4 is 10.1 Å². The van der Waals surface area contributed by atoms with Gasteiger partial charge in [-0.05, 0) is 55.3 Å². The number of carbonyl (C=O) groups is 1. The van der Waals surface area contributed by atoms with Crippen molar-refractivity contribution >= 4 is 29.0 Å². The Labute approximate surface area is 164 Å². The predicted octanol–water partition coefficient (Wildman–Crippen LogP) is 3.70. The number of Topliss-reactive ketones (excluding diaryl/α,β-unsaturated/α-hetero) is 1. The highest BCUT2D eigenvalue weighted by Gasteiger charge is 2.06. The second kappa shape index (κ2) is 10.5. The van der Waals surface area contributed by atoms with Crippen molar-refractivity contribution in [3.05, 3.63) is 63.6 Å². The van der Waals surface area contributed by atoms with Crippen LogP contribution in [-0.4, -0.2) is 36.7 Å². The van der Waals surface area contributed by atoms with Gasteiger partial charge in [0.2, 0.25) is 0 Å². The van der Waals surface area contributed by atoms with Crippen LogP contribution in [0.15, 0.2) is 42.5 Å². The van der Waals surface area contributed by atoms with Crippen molar-refractivity contribution in [3.8, 4) is 5.75 Å². The monoisotopic (exact) mass is 395 g/mol. The summed E-state index contributed by atoms with van der Waals surface area (Å²) >= 11 is 11.9. The van der Waals surface area contributed by atoms with Gasteiger partial charge in [-0.1, -0.05) is 41.4 Å². The lowest BCUT2D eigenvalue weighted by Gasteiger charge is -2.13. The van der Waals surface area contributed by atoms with Crippen molar-refractivity contribution in [3.63, 3.8) is 0 Å². The highest BCUT2D eigenvalue weighted by Crippen LogP contribution is 2.22. The molecule has 4 nitrogen and oxygen atoms in total. The molecule has 0 fully saturated rings. The third-order valence-corrected chi connectivity index (χ3v) is 4.51. The number of ether oxygens (including phenoxy) is 1. The van der Waals surface area contributed by atoms with Crippen LogP contribution in [0, 0.1) is 0 Å². The van der Waals surface area contributed by atoms with Crippen LogP contribution in [0.5, 0.6) is 5.75 Å². The lowest BCUT2D eigenvalue weighted by molar-refractivity contribution is -0.116. The summed E-state index contributed by atoms with van der Waals surface area (Å²) in [5.74, 6) is 0.799. The number of halogens is 2. The number of hydrogen-bond donors (Lipinski definition) is 2. The maximum atomic E-state index is 11.1. The fraction of sp³-hybridized carbons (Fsp3) is 0.350. The normalized spacial score (nSPS) is 12.0. The molecule has 0 unspecified atom stereocenters. The Morgan fingerprint density at radius 3 is 2.46 bits per heavy atom. The van der Waals surface area contributed by atoms with E-state index in [0.29, 0.717) is 28.8 Å². The Hall–Kier alpha value is -1.59. The third kappa shape index (κ3) is 7.34.